The Bertz CT molecular complexity index is 1070. The Morgan fingerprint density at radius 1 is 1.03 bits per heavy atom. The first-order valence-corrected chi connectivity index (χ1v) is 9.68. The molecule has 0 amide bonds. The fourth-order valence-electron chi connectivity index (χ4n) is 2.94. The Morgan fingerprint density at radius 3 is 2.45 bits per heavy atom. The Kier molecular flexibility index (Phi) is 7.20. The number of rotatable bonds is 9. The number of halogens is 2. The van der Waals surface area contributed by atoms with E-state index in [1.54, 1.807) is 24.3 Å². The summed E-state index contributed by atoms with van der Waals surface area (Å²) in [5, 5.41) is 12.7. The van der Waals surface area contributed by atoms with Gasteiger partial charge in [-0.1, -0.05) is 23.7 Å². The average molecular weight is 446 g/mol. The van der Waals surface area contributed by atoms with Crippen LogP contribution >= 0.6 is 11.6 Å². The minimum Gasteiger partial charge on any atom is -0.495 e. The summed E-state index contributed by atoms with van der Waals surface area (Å²) < 4.78 is 30.4. The summed E-state index contributed by atoms with van der Waals surface area (Å²) in [6.45, 7) is 0.341. The summed E-state index contributed by atoms with van der Waals surface area (Å²) in [4.78, 5) is 11.2. The molecule has 162 valence electrons. The SMILES string of the molecule is COc1ccc(C(=O)O)cc1NCc1ccc(OCc2c(F)cccc2Cl)c(OC)c1. The van der Waals surface area contributed by atoms with Crippen molar-refractivity contribution < 1.29 is 28.5 Å². The van der Waals surface area contributed by atoms with Gasteiger partial charge in [-0.2, -0.15) is 0 Å². The number of aromatic carboxylic acids is 1. The maximum absolute atomic E-state index is 14.0. The zero-order valence-corrected chi connectivity index (χ0v) is 17.7. The molecule has 3 aromatic carbocycles. The van der Waals surface area contributed by atoms with Gasteiger partial charge in [0.25, 0.3) is 0 Å². The van der Waals surface area contributed by atoms with E-state index in [0.717, 1.165) is 5.56 Å². The first-order valence-electron chi connectivity index (χ1n) is 9.30. The van der Waals surface area contributed by atoms with E-state index in [9.17, 15) is 14.3 Å². The van der Waals surface area contributed by atoms with Gasteiger partial charge in [0.2, 0.25) is 0 Å². The summed E-state index contributed by atoms with van der Waals surface area (Å²) >= 11 is 6.04. The molecule has 0 aromatic heterocycles. The molecule has 0 saturated carbocycles. The number of carboxylic acid groups (broad SMARTS) is 1. The Morgan fingerprint density at radius 2 is 1.77 bits per heavy atom. The van der Waals surface area contributed by atoms with Crippen LogP contribution in [-0.4, -0.2) is 25.3 Å². The molecule has 31 heavy (non-hydrogen) atoms. The molecule has 2 N–H and O–H groups in total. The molecule has 3 aromatic rings. The third-order valence-corrected chi connectivity index (χ3v) is 4.95. The van der Waals surface area contributed by atoms with Gasteiger partial charge in [0.05, 0.1) is 30.5 Å². The van der Waals surface area contributed by atoms with Crippen LogP contribution in [0.3, 0.4) is 0 Å². The molecule has 3 rings (SSSR count). The molecule has 0 spiro atoms. The van der Waals surface area contributed by atoms with E-state index < -0.39 is 11.8 Å². The van der Waals surface area contributed by atoms with Crippen molar-refractivity contribution in [3.8, 4) is 17.2 Å². The summed E-state index contributed by atoms with van der Waals surface area (Å²) in [6.07, 6.45) is 0. The van der Waals surface area contributed by atoms with Crippen LogP contribution in [0.5, 0.6) is 17.2 Å². The fourth-order valence-corrected chi connectivity index (χ4v) is 3.16. The first kappa shape index (κ1) is 22.2. The number of anilines is 1. The van der Waals surface area contributed by atoms with Crippen molar-refractivity contribution in [1.82, 2.24) is 0 Å². The minimum absolute atomic E-state index is 0.0430. The second-order valence-electron chi connectivity index (χ2n) is 6.55. The Labute approximate surface area is 184 Å². The molecule has 0 heterocycles. The van der Waals surface area contributed by atoms with Gasteiger partial charge in [0.15, 0.2) is 11.5 Å². The van der Waals surface area contributed by atoms with E-state index in [-0.39, 0.29) is 22.8 Å². The predicted molar refractivity (Wildman–Crippen MR) is 116 cm³/mol. The van der Waals surface area contributed by atoms with Crippen LogP contribution in [0, 0.1) is 5.82 Å². The Hall–Kier alpha value is -3.45. The average Bonchev–Trinajstić information content (AvgIpc) is 2.77. The molecular weight excluding hydrogens is 425 g/mol. The van der Waals surface area contributed by atoms with Crippen molar-refractivity contribution in [2.45, 2.75) is 13.2 Å². The van der Waals surface area contributed by atoms with Gasteiger partial charge in [-0.3, -0.25) is 0 Å². The maximum Gasteiger partial charge on any atom is 0.335 e. The van der Waals surface area contributed by atoms with Crippen LogP contribution in [0.15, 0.2) is 54.6 Å². The molecule has 8 heteroatoms. The second-order valence-corrected chi connectivity index (χ2v) is 6.96. The number of hydrogen-bond donors (Lipinski definition) is 2. The van der Waals surface area contributed by atoms with Gasteiger partial charge in [-0.05, 0) is 48.0 Å². The lowest BCUT2D eigenvalue weighted by molar-refractivity contribution is 0.0697. The fraction of sp³-hybridized carbons (Fsp3) is 0.174. The molecule has 0 aliphatic heterocycles. The van der Waals surface area contributed by atoms with Gasteiger partial charge >= 0.3 is 5.97 Å². The van der Waals surface area contributed by atoms with Gasteiger partial charge < -0.3 is 24.6 Å². The zero-order valence-electron chi connectivity index (χ0n) is 16.9. The third kappa shape index (κ3) is 5.38. The standard InChI is InChI=1S/C23H21ClFNO5/c1-29-20-9-7-15(23(27)28)11-19(20)26-12-14-6-8-21(22(10-14)30-2)31-13-16-17(24)4-3-5-18(16)25/h3-11,26H,12-13H2,1-2H3,(H,27,28). The first-order chi connectivity index (χ1) is 14.9. The summed E-state index contributed by atoms with van der Waals surface area (Å²) in [7, 11) is 3.02. The number of carbonyl (C=O) groups is 1. The van der Waals surface area contributed by atoms with Gasteiger partial charge in [0, 0.05) is 12.1 Å². The highest BCUT2D eigenvalue weighted by Crippen LogP contribution is 2.31. The number of carboxylic acids is 1. The van der Waals surface area contributed by atoms with E-state index >= 15 is 0 Å². The number of ether oxygens (including phenoxy) is 3. The van der Waals surface area contributed by atoms with E-state index in [2.05, 4.69) is 5.32 Å². The van der Waals surface area contributed by atoms with E-state index in [1.165, 1.54) is 38.5 Å². The normalized spacial score (nSPS) is 10.5. The molecule has 6 nitrogen and oxygen atoms in total. The third-order valence-electron chi connectivity index (χ3n) is 4.59. The maximum atomic E-state index is 14.0. The molecule has 0 atom stereocenters. The monoisotopic (exact) mass is 445 g/mol. The number of benzene rings is 3. The van der Waals surface area contributed by atoms with Crippen molar-refractivity contribution in [2.75, 3.05) is 19.5 Å². The predicted octanol–water partition coefficient (Wildman–Crippen LogP) is 5.39. The molecule has 0 saturated heterocycles. The highest BCUT2D eigenvalue weighted by molar-refractivity contribution is 6.31. The van der Waals surface area contributed by atoms with Crippen molar-refractivity contribution in [1.29, 1.82) is 0 Å². The number of hydrogen-bond acceptors (Lipinski definition) is 5. The highest BCUT2D eigenvalue weighted by atomic mass is 35.5. The van der Waals surface area contributed by atoms with Crippen molar-refractivity contribution in [3.63, 3.8) is 0 Å². The minimum atomic E-state index is -1.02. The van der Waals surface area contributed by atoms with Gasteiger partial charge in [-0.25, -0.2) is 9.18 Å². The molecule has 0 bridgehead atoms. The molecule has 0 unspecified atom stereocenters. The van der Waals surface area contributed by atoms with Crippen LogP contribution in [0.1, 0.15) is 21.5 Å². The largest absolute Gasteiger partial charge is 0.495 e. The molecule has 0 aliphatic rings. The van der Waals surface area contributed by atoms with Crippen LogP contribution in [0.4, 0.5) is 10.1 Å². The lowest BCUT2D eigenvalue weighted by Crippen LogP contribution is -2.05. The van der Waals surface area contributed by atoms with E-state index in [0.29, 0.717) is 29.5 Å². The van der Waals surface area contributed by atoms with Crippen molar-refractivity contribution in [3.05, 3.63) is 82.1 Å². The molecular formula is C23H21ClFNO5. The van der Waals surface area contributed by atoms with Crippen LogP contribution < -0.4 is 19.5 Å². The van der Waals surface area contributed by atoms with Gasteiger partial charge in [-0.15, -0.1) is 0 Å². The topological polar surface area (TPSA) is 77.0 Å². The smallest absolute Gasteiger partial charge is 0.335 e. The summed E-state index contributed by atoms with van der Waals surface area (Å²) in [6, 6.07) is 14.3. The van der Waals surface area contributed by atoms with E-state index in [4.69, 9.17) is 25.8 Å². The van der Waals surface area contributed by atoms with E-state index in [1.807, 2.05) is 6.07 Å². The number of methoxy groups -OCH3 is 2. The van der Waals surface area contributed by atoms with Crippen molar-refractivity contribution in [2.24, 2.45) is 0 Å². The highest BCUT2D eigenvalue weighted by Gasteiger charge is 2.12. The van der Waals surface area contributed by atoms with Crippen LogP contribution in [0.25, 0.3) is 0 Å². The number of nitrogens with one attached hydrogen (secondary N) is 1. The summed E-state index contributed by atoms with van der Waals surface area (Å²) in [5.74, 6) is -0.0265. The molecule has 0 aliphatic carbocycles. The lowest BCUT2D eigenvalue weighted by atomic mass is 10.1. The van der Waals surface area contributed by atoms with Crippen LogP contribution in [0.2, 0.25) is 5.02 Å². The summed E-state index contributed by atoms with van der Waals surface area (Å²) in [5.41, 5.74) is 1.82. The quantitative estimate of drug-likeness (QED) is 0.460. The van der Waals surface area contributed by atoms with Gasteiger partial charge in [0.1, 0.15) is 18.2 Å². The van der Waals surface area contributed by atoms with Crippen LogP contribution in [-0.2, 0) is 13.2 Å². The second kappa shape index (κ2) is 10.0. The lowest BCUT2D eigenvalue weighted by Gasteiger charge is -2.15. The molecule has 0 radical (unpaired) electrons. The molecule has 0 fully saturated rings. The van der Waals surface area contributed by atoms with Crippen molar-refractivity contribution >= 4 is 23.3 Å². The zero-order chi connectivity index (χ0) is 22.4. The Balaban J connectivity index is 1.73.